The first-order chi connectivity index (χ1) is 10.5. The first-order valence-corrected chi connectivity index (χ1v) is 6.55. The Morgan fingerprint density at radius 1 is 1.32 bits per heavy atom. The Kier molecular flexibility index (Phi) is 3.21. The van der Waals surface area contributed by atoms with E-state index in [0.717, 1.165) is 0 Å². The van der Waals surface area contributed by atoms with Gasteiger partial charge in [-0.05, 0) is 24.6 Å². The number of imide groups is 1. The maximum absolute atomic E-state index is 12.4. The summed E-state index contributed by atoms with van der Waals surface area (Å²) in [7, 11) is 0. The van der Waals surface area contributed by atoms with E-state index in [2.05, 4.69) is 10.3 Å². The van der Waals surface area contributed by atoms with Crippen molar-refractivity contribution in [3.63, 3.8) is 0 Å². The summed E-state index contributed by atoms with van der Waals surface area (Å²) in [6, 6.07) is 3.19. The fraction of sp³-hybridized carbons (Fsp3) is 0.214. The maximum atomic E-state index is 12.4. The highest BCUT2D eigenvalue weighted by molar-refractivity contribution is 5.99. The quantitative estimate of drug-likeness (QED) is 0.758. The van der Waals surface area contributed by atoms with E-state index >= 15 is 0 Å². The third-order valence-electron chi connectivity index (χ3n) is 3.58. The van der Waals surface area contributed by atoms with Crippen LogP contribution >= 0.6 is 0 Å². The number of piperidine rings is 1. The van der Waals surface area contributed by atoms with Gasteiger partial charge < -0.3 is 5.11 Å². The molecule has 2 N–H and O–H groups in total. The second kappa shape index (κ2) is 5.06. The predicted octanol–water partition coefficient (Wildman–Crippen LogP) is 0.0724. The van der Waals surface area contributed by atoms with E-state index in [9.17, 15) is 19.2 Å². The summed E-state index contributed by atoms with van der Waals surface area (Å²) in [5.41, 5.74) is -0.178. The molecule has 112 valence electrons. The number of aromatic nitrogens is 2. The minimum atomic E-state index is -1.11. The lowest BCUT2D eigenvalue weighted by atomic mass is 10.1. The van der Waals surface area contributed by atoms with E-state index in [4.69, 9.17) is 5.11 Å². The van der Waals surface area contributed by atoms with Gasteiger partial charge in [-0.15, -0.1) is 0 Å². The van der Waals surface area contributed by atoms with Crippen LogP contribution in [0.1, 0.15) is 29.2 Å². The Morgan fingerprint density at radius 2 is 2.09 bits per heavy atom. The average molecular weight is 301 g/mol. The number of aromatic carboxylic acids is 1. The van der Waals surface area contributed by atoms with Crippen LogP contribution in [0.3, 0.4) is 0 Å². The number of rotatable bonds is 2. The van der Waals surface area contributed by atoms with Crippen molar-refractivity contribution in [3.8, 4) is 0 Å². The molecule has 1 fully saturated rings. The fourth-order valence-corrected chi connectivity index (χ4v) is 2.44. The molecule has 2 amide bonds. The van der Waals surface area contributed by atoms with Crippen LogP contribution in [0.25, 0.3) is 10.9 Å². The molecule has 1 atom stereocenters. The molecule has 8 nitrogen and oxygen atoms in total. The first kappa shape index (κ1) is 13.9. The number of nitrogens with one attached hydrogen (secondary N) is 1. The molecule has 1 saturated heterocycles. The van der Waals surface area contributed by atoms with Crippen molar-refractivity contribution in [2.45, 2.75) is 18.9 Å². The van der Waals surface area contributed by atoms with Gasteiger partial charge in [0, 0.05) is 6.42 Å². The zero-order valence-electron chi connectivity index (χ0n) is 11.3. The summed E-state index contributed by atoms with van der Waals surface area (Å²) in [6.07, 6.45) is 1.58. The molecule has 3 rings (SSSR count). The number of carbonyl (C=O) groups excluding carboxylic acids is 2. The van der Waals surface area contributed by atoms with Crippen molar-refractivity contribution in [2.24, 2.45) is 0 Å². The van der Waals surface area contributed by atoms with Crippen molar-refractivity contribution in [3.05, 3.63) is 40.4 Å². The van der Waals surface area contributed by atoms with E-state index < -0.39 is 23.5 Å². The summed E-state index contributed by atoms with van der Waals surface area (Å²) in [5.74, 6) is -2.02. The summed E-state index contributed by atoms with van der Waals surface area (Å²) < 4.78 is 1.17. The zero-order valence-corrected chi connectivity index (χ0v) is 11.3. The van der Waals surface area contributed by atoms with Crippen molar-refractivity contribution < 1.29 is 19.5 Å². The van der Waals surface area contributed by atoms with Gasteiger partial charge in [-0.2, -0.15) is 0 Å². The maximum Gasteiger partial charge on any atom is 0.335 e. The fourth-order valence-electron chi connectivity index (χ4n) is 2.44. The molecule has 1 unspecified atom stereocenters. The lowest BCUT2D eigenvalue weighted by molar-refractivity contribution is -0.135. The third-order valence-corrected chi connectivity index (χ3v) is 3.58. The van der Waals surface area contributed by atoms with Crippen LogP contribution in [0.15, 0.2) is 29.3 Å². The number of carboxylic acid groups (broad SMARTS) is 1. The molecule has 1 aliphatic rings. The van der Waals surface area contributed by atoms with Gasteiger partial charge in [0.05, 0.1) is 22.8 Å². The number of benzene rings is 1. The van der Waals surface area contributed by atoms with E-state index in [1.807, 2.05) is 0 Å². The molecule has 0 radical (unpaired) electrons. The third kappa shape index (κ3) is 2.24. The molecular weight excluding hydrogens is 290 g/mol. The summed E-state index contributed by atoms with van der Waals surface area (Å²) in [5, 5.41) is 11.3. The largest absolute Gasteiger partial charge is 0.478 e. The minimum absolute atomic E-state index is 0.0261. The Labute approximate surface area is 123 Å². The molecule has 0 bridgehead atoms. The van der Waals surface area contributed by atoms with Crippen LogP contribution < -0.4 is 10.9 Å². The van der Waals surface area contributed by atoms with Crippen LogP contribution in [0, 0.1) is 0 Å². The minimum Gasteiger partial charge on any atom is -0.478 e. The van der Waals surface area contributed by atoms with E-state index in [-0.39, 0.29) is 35.2 Å². The molecule has 1 aliphatic heterocycles. The summed E-state index contributed by atoms with van der Waals surface area (Å²) in [4.78, 5) is 50.4. The highest BCUT2D eigenvalue weighted by atomic mass is 16.4. The summed E-state index contributed by atoms with van der Waals surface area (Å²) >= 11 is 0. The molecule has 1 aromatic heterocycles. The van der Waals surface area contributed by atoms with Crippen LogP contribution in [-0.4, -0.2) is 32.4 Å². The summed E-state index contributed by atoms with van der Waals surface area (Å²) in [6.45, 7) is 0. The molecular formula is C14H11N3O5. The van der Waals surface area contributed by atoms with Crippen LogP contribution in [0.2, 0.25) is 0 Å². The van der Waals surface area contributed by atoms with Crippen LogP contribution in [0.5, 0.6) is 0 Å². The van der Waals surface area contributed by atoms with Gasteiger partial charge in [-0.1, -0.05) is 0 Å². The number of hydrogen-bond donors (Lipinski definition) is 2. The number of nitrogens with zero attached hydrogens (tertiary/aromatic N) is 2. The molecule has 0 spiro atoms. The topological polar surface area (TPSA) is 118 Å². The standard InChI is InChI=1S/C14H11N3O5/c18-11-4-3-10(12(19)16-11)17-6-15-9-5-7(14(21)22)1-2-8(9)13(17)20/h1-2,5-6,10H,3-4H2,(H,21,22)(H,16,18,19). The zero-order chi connectivity index (χ0) is 15.9. The molecule has 8 heteroatoms. The van der Waals surface area contributed by atoms with Gasteiger partial charge in [-0.3, -0.25) is 24.3 Å². The monoisotopic (exact) mass is 301 g/mol. The lowest BCUT2D eigenvalue weighted by Crippen LogP contribution is -2.44. The second-order valence-corrected chi connectivity index (χ2v) is 4.96. The Balaban J connectivity index is 2.09. The van der Waals surface area contributed by atoms with Crippen LogP contribution in [-0.2, 0) is 9.59 Å². The Hall–Kier alpha value is -3.03. The van der Waals surface area contributed by atoms with E-state index in [1.54, 1.807) is 0 Å². The normalized spacial score (nSPS) is 18.3. The van der Waals surface area contributed by atoms with E-state index in [1.165, 1.54) is 29.1 Å². The van der Waals surface area contributed by atoms with Crippen molar-refractivity contribution in [2.75, 3.05) is 0 Å². The SMILES string of the molecule is O=C1CCC(n2cnc3cc(C(=O)O)ccc3c2=O)C(=O)N1. The average Bonchev–Trinajstić information content (AvgIpc) is 2.48. The highest BCUT2D eigenvalue weighted by Crippen LogP contribution is 2.18. The van der Waals surface area contributed by atoms with Crippen molar-refractivity contribution in [1.29, 1.82) is 0 Å². The first-order valence-electron chi connectivity index (χ1n) is 6.55. The molecule has 2 heterocycles. The van der Waals surface area contributed by atoms with Crippen molar-refractivity contribution in [1.82, 2.24) is 14.9 Å². The molecule has 0 aliphatic carbocycles. The van der Waals surface area contributed by atoms with Gasteiger partial charge in [-0.25, -0.2) is 9.78 Å². The van der Waals surface area contributed by atoms with Gasteiger partial charge in [0.25, 0.3) is 5.56 Å². The second-order valence-electron chi connectivity index (χ2n) is 4.96. The number of amides is 2. The van der Waals surface area contributed by atoms with E-state index in [0.29, 0.717) is 0 Å². The Bertz CT molecular complexity index is 870. The highest BCUT2D eigenvalue weighted by Gasteiger charge is 2.29. The molecule has 0 saturated carbocycles. The van der Waals surface area contributed by atoms with Gasteiger partial charge in [0.1, 0.15) is 6.04 Å². The lowest BCUT2D eigenvalue weighted by Gasteiger charge is -2.22. The van der Waals surface area contributed by atoms with Gasteiger partial charge in [0.15, 0.2) is 0 Å². The molecule has 1 aromatic carbocycles. The number of carbonyl (C=O) groups is 3. The molecule has 22 heavy (non-hydrogen) atoms. The van der Waals surface area contributed by atoms with Crippen LogP contribution in [0.4, 0.5) is 0 Å². The van der Waals surface area contributed by atoms with Crippen molar-refractivity contribution >= 4 is 28.7 Å². The van der Waals surface area contributed by atoms with Gasteiger partial charge in [0.2, 0.25) is 11.8 Å². The number of fused-ring (bicyclic) bond motifs is 1. The number of hydrogen-bond acceptors (Lipinski definition) is 5. The van der Waals surface area contributed by atoms with Gasteiger partial charge >= 0.3 is 5.97 Å². The number of carboxylic acids is 1. The predicted molar refractivity (Wildman–Crippen MR) is 74.4 cm³/mol. The smallest absolute Gasteiger partial charge is 0.335 e. The molecule has 2 aromatic rings. The Morgan fingerprint density at radius 3 is 2.77 bits per heavy atom.